The first-order valence-corrected chi connectivity index (χ1v) is 7.12. The summed E-state index contributed by atoms with van der Waals surface area (Å²) in [6.07, 6.45) is 6.38. The Morgan fingerprint density at radius 1 is 1.56 bits per heavy atom. The molecule has 0 saturated carbocycles. The second-order valence-electron chi connectivity index (χ2n) is 5.19. The van der Waals surface area contributed by atoms with Crippen LogP contribution in [0.2, 0.25) is 0 Å². The van der Waals surface area contributed by atoms with Gasteiger partial charge in [-0.2, -0.15) is 0 Å². The molecule has 1 aromatic rings. The summed E-state index contributed by atoms with van der Waals surface area (Å²) in [4.78, 5) is 7.09. The number of hydrogen-bond donors (Lipinski definition) is 1. The molecule has 4 heteroatoms. The maximum absolute atomic E-state index is 5.58. The van der Waals surface area contributed by atoms with Crippen molar-refractivity contribution in [1.29, 1.82) is 0 Å². The maximum Gasteiger partial charge on any atom is 0.194 e. The number of oxazole rings is 1. The van der Waals surface area contributed by atoms with Gasteiger partial charge in [-0.15, -0.1) is 0 Å². The van der Waals surface area contributed by atoms with Crippen molar-refractivity contribution in [3.05, 3.63) is 17.8 Å². The third-order valence-electron chi connectivity index (χ3n) is 3.74. The van der Waals surface area contributed by atoms with Gasteiger partial charge in [-0.25, -0.2) is 4.98 Å². The van der Waals surface area contributed by atoms with Crippen LogP contribution in [0.4, 0.5) is 0 Å². The topological polar surface area (TPSA) is 41.3 Å². The molecule has 1 aliphatic rings. The number of likely N-dealkylation sites (N-methyl/N-ethyl adjacent to an activating group) is 1. The molecule has 2 rings (SSSR count). The monoisotopic (exact) mass is 251 g/mol. The molecule has 2 heterocycles. The van der Waals surface area contributed by atoms with Crippen LogP contribution in [0.3, 0.4) is 0 Å². The van der Waals surface area contributed by atoms with Crippen LogP contribution in [0.5, 0.6) is 0 Å². The number of likely N-dealkylation sites (tertiary alicyclic amines) is 1. The predicted octanol–water partition coefficient (Wildman–Crippen LogP) is 1.71. The quantitative estimate of drug-likeness (QED) is 0.835. The van der Waals surface area contributed by atoms with Crippen molar-refractivity contribution in [2.45, 2.75) is 32.6 Å². The van der Waals surface area contributed by atoms with E-state index in [1.54, 1.807) is 0 Å². The highest BCUT2D eigenvalue weighted by Gasteiger charge is 2.20. The molecule has 1 aliphatic heterocycles. The zero-order valence-corrected chi connectivity index (χ0v) is 11.6. The minimum absolute atomic E-state index is 0.717. The Morgan fingerprint density at radius 2 is 2.44 bits per heavy atom. The van der Waals surface area contributed by atoms with Crippen LogP contribution in [-0.2, 0) is 12.8 Å². The lowest BCUT2D eigenvalue weighted by Crippen LogP contribution is -2.35. The molecule has 1 N–H and O–H groups in total. The first kappa shape index (κ1) is 13.6. The molecule has 1 atom stereocenters. The molecule has 102 valence electrons. The predicted molar refractivity (Wildman–Crippen MR) is 72.7 cm³/mol. The van der Waals surface area contributed by atoms with Gasteiger partial charge in [-0.05, 0) is 38.9 Å². The summed E-state index contributed by atoms with van der Waals surface area (Å²) in [5.41, 5.74) is 1.07. The Hall–Kier alpha value is -0.870. The second-order valence-corrected chi connectivity index (χ2v) is 5.19. The van der Waals surface area contributed by atoms with Gasteiger partial charge < -0.3 is 14.6 Å². The largest absolute Gasteiger partial charge is 0.449 e. The molecule has 1 aromatic heterocycles. The van der Waals surface area contributed by atoms with E-state index in [1.165, 1.54) is 25.9 Å². The molecule has 0 radical (unpaired) electrons. The van der Waals surface area contributed by atoms with Crippen LogP contribution in [-0.4, -0.2) is 43.1 Å². The summed E-state index contributed by atoms with van der Waals surface area (Å²) < 4.78 is 5.58. The summed E-state index contributed by atoms with van der Waals surface area (Å²) in [5.74, 6) is 1.64. The molecule has 1 unspecified atom stereocenters. The number of aromatic nitrogens is 1. The molecule has 18 heavy (non-hydrogen) atoms. The van der Waals surface area contributed by atoms with Crippen molar-refractivity contribution in [1.82, 2.24) is 15.2 Å². The van der Waals surface area contributed by atoms with Crippen molar-refractivity contribution in [3.8, 4) is 0 Å². The van der Waals surface area contributed by atoms with Crippen LogP contribution < -0.4 is 5.32 Å². The summed E-state index contributed by atoms with van der Waals surface area (Å²) in [7, 11) is 1.96. The molecule has 1 saturated heterocycles. The minimum Gasteiger partial charge on any atom is -0.449 e. The van der Waals surface area contributed by atoms with E-state index in [-0.39, 0.29) is 0 Å². The molecular formula is C14H25N3O. The molecule has 0 aliphatic carbocycles. The van der Waals surface area contributed by atoms with Crippen LogP contribution in [0.15, 0.2) is 10.7 Å². The van der Waals surface area contributed by atoms with E-state index >= 15 is 0 Å². The standard InChI is InChI=1S/C14H25N3O/c1-3-17-8-4-5-12(10-17)9-14-16-13(11-18-14)6-7-15-2/h11-12,15H,3-10H2,1-2H3. The Morgan fingerprint density at radius 3 is 3.22 bits per heavy atom. The molecule has 0 bridgehead atoms. The van der Waals surface area contributed by atoms with E-state index in [0.717, 1.165) is 43.4 Å². The first-order chi connectivity index (χ1) is 8.81. The summed E-state index contributed by atoms with van der Waals surface area (Å²) >= 11 is 0. The summed E-state index contributed by atoms with van der Waals surface area (Å²) in [6.45, 7) is 6.81. The van der Waals surface area contributed by atoms with Crippen molar-refractivity contribution in [3.63, 3.8) is 0 Å². The zero-order valence-electron chi connectivity index (χ0n) is 11.6. The first-order valence-electron chi connectivity index (χ1n) is 7.12. The number of rotatable bonds is 6. The van der Waals surface area contributed by atoms with Gasteiger partial charge in [0.1, 0.15) is 6.26 Å². The maximum atomic E-state index is 5.58. The number of nitrogens with one attached hydrogen (secondary N) is 1. The molecular weight excluding hydrogens is 226 g/mol. The SMILES string of the molecule is CCN1CCCC(Cc2nc(CCNC)co2)C1. The normalized spacial score (nSPS) is 21.3. The van der Waals surface area contributed by atoms with Gasteiger partial charge in [0, 0.05) is 25.9 Å². The van der Waals surface area contributed by atoms with E-state index < -0.39 is 0 Å². The van der Waals surface area contributed by atoms with Gasteiger partial charge >= 0.3 is 0 Å². The molecule has 0 aromatic carbocycles. The smallest absolute Gasteiger partial charge is 0.194 e. The van der Waals surface area contributed by atoms with Crippen molar-refractivity contribution in [2.75, 3.05) is 33.2 Å². The fourth-order valence-corrected chi connectivity index (χ4v) is 2.66. The van der Waals surface area contributed by atoms with E-state index in [0.29, 0.717) is 0 Å². The molecule has 4 nitrogen and oxygen atoms in total. The van der Waals surface area contributed by atoms with E-state index in [4.69, 9.17) is 4.42 Å². The highest BCUT2D eigenvalue weighted by molar-refractivity contribution is 4.98. The summed E-state index contributed by atoms with van der Waals surface area (Å²) in [5, 5.41) is 3.13. The third-order valence-corrected chi connectivity index (χ3v) is 3.74. The zero-order chi connectivity index (χ0) is 12.8. The van der Waals surface area contributed by atoms with Gasteiger partial charge in [0.25, 0.3) is 0 Å². The average molecular weight is 251 g/mol. The number of piperidine rings is 1. The van der Waals surface area contributed by atoms with Crippen LogP contribution >= 0.6 is 0 Å². The molecule has 0 spiro atoms. The highest BCUT2D eigenvalue weighted by Crippen LogP contribution is 2.20. The Kier molecular flexibility index (Phi) is 5.20. The van der Waals surface area contributed by atoms with Crippen molar-refractivity contribution in [2.24, 2.45) is 5.92 Å². The van der Waals surface area contributed by atoms with Crippen LogP contribution in [0, 0.1) is 5.92 Å². The third kappa shape index (κ3) is 3.82. The lowest BCUT2D eigenvalue weighted by molar-refractivity contribution is 0.176. The fourth-order valence-electron chi connectivity index (χ4n) is 2.66. The van der Waals surface area contributed by atoms with Crippen LogP contribution in [0.1, 0.15) is 31.4 Å². The van der Waals surface area contributed by atoms with Gasteiger partial charge in [-0.1, -0.05) is 6.92 Å². The Bertz CT molecular complexity index is 351. The number of hydrogen-bond acceptors (Lipinski definition) is 4. The average Bonchev–Trinajstić information content (AvgIpc) is 2.84. The highest BCUT2D eigenvalue weighted by atomic mass is 16.3. The van der Waals surface area contributed by atoms with E-state index in [2.05, 4.69) is 22.1 Å². The van der Waals surface area contributed by atoms with Crippen molar-refractivity contribution >= 4 is 0 Å². The van der Waals surface area contributed by atoms with Gasteiger partial charge in [0.05, 0.1) is 5.69 Å². The summed E-state index contributed by atoms with van der Waals surface area (Å²) in [6, 6.07) is 0. The Balaban J connectivity index is 1.83. The van der Waals surface area contributed by atoms with E-state index in [9.17, 15) is 0 Å². The second kappa shape index (κ2) is 6.90. The van der Waals surface area contributed by atoms with E-state index in [1.807, 2.05) is 13.3 Å². The van der Waals surface area contributed by atoms with Gasteiger partial charge in [-0.3, -0.25) is 0 Å². The van der Waals surface area contributed by atoms with Gasteiger partial charge in [0.15, 0.2) is 5.89 Å². The lowest BCUT2D eigenvalue weighted by Gasteiger charge is -2.31. The fraction of sp³-hybridized carbons (Fsp3) is 0.786. The number of nitrogens with zero attached hydrogens (tertiary/aromatic N) is 2. The minimum atomic E-state index is 0.717. The molecule has 0 amide bonds. The van der Waals surface area contributed by atoms with Crippen LogP contribution in [0.25, 0.3) is 0 Å². The molecule has 1 fully saturated rings. The Labute approximate surface area is 110 Å². The van der Waals surface area contributed by atoms with Gasteiger partial charge in [0.2, 0.25) is 0 Å². The lowest BCUT2D eigenvalue weighted by atomic mass is 9.95. The van der Waals surface area contributed by atoms with Crippen molar-refractivity contribution < 1.29 is 4.42 Å².